The maximum atomic E-state index is 12.4. The molecular weight excluding hydrogens is 254 g/mol. The van der Waals surface area contributed by atoms with Crippen LogP contribution < -0.4 is 4.74 Å². The minimum Gasteiger partial charge on any atom is -0.494 e. The highest BCUT2D eigenvalue weighted by Crippen LogP contribution is 2.19. The molecule has 0 spiro atoms. The number of hydrogen-bond acceptors (Lipinski definition) is 3. The van der Waals surface area contributed by atoms with E-state index in [4.69, 9.17) is 4.74 Å². The van der Waals surface area contributed by atoms with Gasteiger partial charge in [-0.2, -0.15) is 0 Å². The van der Waals surface area contributed by atoms with Crippen LogP contribution in [-0.2, 0) is 4.79 Å². The lowest BCUT2D eigenvalue weighted by atomic mass is 10.1. The number of allylic oxidation sites excluding steroid dienone is 1. The van der Waals surface area contributed by atoms with Gasteiger partial charge in [0.1, 0.15) is 5.75 Å². The fourth-order valence-corrected chi connectivity index (χ4v) is 2.04. The number of amides is 1. The highest BCUT2D eigenvalue weighted by atomic mass is 16.5. The number of ether oxygens (including phenoxy) is 1. The zero-order valence-corrected chi connectivity index (χ0v) is 11.5. The Morgan fingerprint density at radius 3 is 2.95 bits per heavy atom. The first kappa shape index (κ1) is 14.1. The van der Waals surface area contributed by atoms with Gasteiger partial charge in [0.2, 0.25) is 5.78 Å². The predicted molar refractivity (Wildman–Crippen MR) is 76.6 cm³/mol. The Kier molecular flexibility index (Phi) is 4.35. The van der Waals surface area contributed by atoms with Crippen molar-refractivity contribution in [3.05, 3.63) is 54.3 Å². The molecule has 1 aliphatic rings. The van der Waals surface area contributed by atoms with Gasteiger partial charge < -0.3 is 9.64 Å². The third-order valence-corrected chi connectivity index (χ3v) is 3.04. The van der Waals surface area contributed by atoms with Gasteiger partial charge in [-0.25, -0.2) is 0 Å². The lowest BCUT2D eigenvalue weighted by Gasteiger charge is -2.24. The summed E-state index contributed by atoms with van der Waals surface area (Å²) in [5.74, 6) is 0.182. The van der Waals surface area contributed by atoms with Crippen molar-refractivity contribution in [2.24, 2.45) is 0 Å². The standard InChI is InChI=1S/C16H17NO3/c1-3-20-14-8-6-7-13(11-14)16(19)12(2)17-10-5-4-9-15(17)18/h4,6-9,11H,2-3,5,10H2,1H3. The second kappa shape index (κ2) is 6.19. The topological polar surface area (TPSA) is 46.6 Å². The number of rotatable bonds is 5. The Morgan fingerprint density at radius 2 is 2.25 bits per heavy atom. The zero-order chi connectivity index (χ0) is 14.5. The molecule has 4 nitrogen and oxygen atoms in total. The Balaban J connectivity index is 2.18. The largest absolute Gasteiger partial charge is 0.494 e. The van der Waals surface area contributed by atoms with Gasteiger partial charge in [0.25, 0.3) is 5.91 Å². The number of hydrogen-bond donors (Lipinski definition) is 0. The lowest BCUT2D eigenvalue weighted by Crippen LogP contribution is -2.34. The van der Waals surface area contributed by atoms with Gasteiger partial charge in [-0.15, -0.1) is 0 Å². The van der Waals surface area contributed by atoms with Gasteiger partial charge in [0, 0.05) is 12.1 Å². The van der Waals surface area contributed by atoms with Gasteiger partial charge in [0.15, 0.2) is 0 Å². The van der Waals surface area contributed by atoms with E-state index in [9.17, 15) is 9.59 Å². The van der Waals surface area contributed by atoms with Crippen LogP contribution in [-0.4, -0.2) is 29.7 Å². The molecule has 1 aromatic carbocycles. The number of ketones is 1. The van der Waals surface area contributed by atoms with Crippen molar-refractivity contribution in [3.63, 3.8) is 0 Å². The molecule has 0 aromatic heterocycles. The van der Waals surface area contributed by atoms with Gasteiger partial charge in [-0.05, 0) is 31.6 Å². The molecule has 104 valence electrons. The molecule has 1 amide bonds. The van der Waals surface area contributed by atoms with Crippen LogP contribution in [0.1, 0.15) is 23.7 Å². The van der Waals surface area contributed by atoms with Crippen LogP contribution in [0.15, 0.2) is 48.7 Å². The molecule has 1 aromatic rings. The van der Waals surface area contributed by atoms with Gasteiger partial charge >= 0.3 is 0 Å². The van der Waals surface area contributed by atoms with E-state index in [-0.39, 0.29) is 17.4 Å². The molecule has 0 saturated carbocycles. The third-order valence-electron chi connectivity index (χ3n) is 3.04. The van der Waals surface area contributed by atoms with Crippen molar-refractivity contribution in [1.82, 2.24) is 4.90 Å². The highest BCUT2D eigenvalue weighted by molar-refractivity contribution is 6.11. The van der Waals surface area contributed by atoms with Crippen molar-refractivity contribution in [2.75, 3.05) is 13.2 Å². The fraction of sp³-hybridized carbons (Fsp3) is 0.250. The summed E-state index contributed by atoms with van der Waals surface area (Å²) in [6, 6.07) is 6.91. The third kappa shape index (κ3) is 2.96. The Bertz CT molecular complexity index is 575. The first-order valence-corrected chi connectivity index (χ1v) is 6.58. The van der Waals surface area contributed by atoms with E-state index in [0.717, 1.165) is 6.42 Å². The van der Waals surface area contributed by atoms with Gasteiger partial charge in [-0.3, -0.25) is 9.59 Å². The van der Waals surface area contributed by atoms with E-state index < -0.39 is 0 Å². The Morgan fingerprint density at radius 1 is 1.45 bits per heavy atom. The molecule has 20 heavy (non-hydrogen) atoms. The van der Waals surface area contributed by atoms with Gasteiger partial charge in [-0.1, -0.05) is 24.8 Å². The monoisotopic (exact) mass is 271 g/mol. The summed E-state index contributed by atoms with van der Waals surface area (Å²) in [7, 11) is 0. The fourth-order valence-electron chi connectivity index (χ4n) is 2.04. The molecule has 2 rings (SSSR count). The first-order chi connectivity index (χ1) is 9.63. The van der Waals surface area contributed by atoms with E-state index in [2.05, 4.69) is 6.58 Å². The van der Waals surface area contributed by atoms with E-state index in [1.807, 2.05) is 6.92 Å². The molecule has 4 heteroatoms. The molecule has 0 aliphatic carbocycles. The summed E-state index contributed by atoms with van der Waals surface area (Å²) >= 11 is 0. The predicted octanol–water partition coefficient (Wildman–Crippen LogP) is 2.57. The van der Waals surface area contributed by atoms with Crippen LogP contribution in [0.4, 0.5) is 0 Å². The SMILES string of the molecule is C=C(C(=O)c1cccc(OCC)c1)N1CCC=CC1=O. The van der Waals surface area contributed by atoms with E-state index >= 15 is 0 Å². The number of benzene rings is 1. The molecule has 0 saturated heterocycles. The van der Waals surface area contributed by atoms with Crippen molar-refractivity contribution < 1.29 is 14.3 Å². The number of carbonyl (C=O) groups excluding carboxylic acids is 2. The van der Waals surface area contributed by atoms with E-state index in [1.54, 1.807) is 30.3 Å². The summed E-state index contributed by atoms with van der Waals surface area (Å²) in [6.45, 7) is 6.67. The maximum absolute atomic E-state index is 12.4. The number of carbonyl (C=O) groups is 2. The van der Waals surface area contributed by atoms with Crippen LogP contribution >= 0.6 is 0 Å². The molecule has 0 radical (unpaired) electrons. The first-order valence-electron chi connectivity index (χ1n) is 6.58. The molecule has 0 atom stereocenters. The smallest absolute Gasteiger partial charge is 0.250 e. The number of Topliss-reactive ketones (excluding diaryl/α,β-unsaturated/α-hetero) is 1. The lowest BCUT2D eigenvalue weighted by molar-refractivity contribution is -0.124. The van der Waals surface area contributed by atoms with Crippen molar-refractivity contribution in [1.29, 1.82) is 0 Å². The molecule has 1 heterocycles. The normalized spacial score (nSPS) is 14.2. The minimum absolute atomic E-state index is 0.199. The van der Waals surface area contributed by atoms with Crippen molar-refractivity contribution >= 4 is 11.7 Å². The molecule has 0 N–H and O–H groups in total. The highest BCUT2D eigenvalue weighted by Gasteiger charge is 2.22. The van der Waals surface area contributed by atoms with Gasteiger partial charge in [0.05, 0.1) is 12.3 Å². The summed E-state index contributed by atoms with van der Waals surface area (Å²) in [4.78, 5) is 25.5. The average molecular weight is 271 g/mol. The van der Waals surface area contributed by atoms with Crippen molar-refractivity contribution in [2.45, 2.75) is 13.3 Å². The van der Waals surface area contributed by atoms with Crippen LogP contribution in [0.25, 0.3) is 0 Å². The summed E-state index contributed by atoms with van der Waals surface area (Å²) < 4.78 is 5.37. The maximum Gasteiger partial charge on any atom is 0.250 e. The molecule has 0 unspecified atom stereocenters. The van der Waals surface area contributed by atoms with Crippen molar-refractivity contribution in [3.8, 4) is 5.75 Å². The average Bonchev–Trinajstić information content (AvgIpc) is 2.47. The van der Waals surface area contributed by atoms with Crippen LogP contribution in [0.2, 0.25) is 0 Å². The molecule has 0 bridgehead atoms. The number of nitrogens with zero attached hydrogens (tertiary/aromatic N) is 1. The van der Waals surface area contributed by atoms with Crippen LogP contribution in [0.3, 0.4) is 0 Å². The van der Waals surface area contributed by atoms with Crippen LogP contribution in [0.5, 0.6) is 5.75 Å². The minimum atomic E-state index is -0.254. The summed E-state index contributed by atoms with van der Waals surface area (Å²) in [5.41, 5.74) is 0.677. The van der Waals surface area contributed by atoms with E-state index in [1.165, 1.54) is 11.0 Å². The summed E-state index contributed by atoms with van der Waals surface area (Å²) in [6.07, 6.45) is 4.00. The molecule has 0 fully saturated rings. The second-order valence-electron chi connectivity index (χ2n) is 4.42. The Hall–Kier alpha value is -2.36. The molecular formula is C16H17NO3. The Labute approximate surface area is 118 Å². The van der Waals surface area contributed by atoms with E-state index in [0.29, 0.717) is 24.5 Å². The zero-order valence-electron chi connectivity index (χ0n) is 11.5. The second-order valence-corrected chi connectivity index (χ2v) is 4.42. The molecule has 1 aliphatic heterocycles. The summed E-state index contributed by atoms with van der Waals surface area (Å²) in [5, 5.41) is 0. The quantitative estimate of drug-likeness (QED) is 0.611. The van der Waals surface area contributed by atoms with Crippen LogP contribution in [0, 0.1) is 0 Å².